The highest BCUT2D eigenvalue weighted by Crippen LogP contribution is 2.31. The zero-order valence-electron chi connectivity index (χ0n) is 17.4. The van der Waals surface area contributed by atoms with Gasteiger partial charge in [-0.15, -0.1) is 0 Å². The summed E-state index contributed by atoms with van der Waals surface area (Å²) in [4.78, 5) is 47.4. The van der Waals surface area contributed by atoms with Gasteiger partial charge in [-0.25, -0.2) is 4.79 Å². The Hall–Kier alpha value is -3.18. The van der Waals surface area contributed by atoms with Crippen molar-refractivity contribution in [2.75, 3.05) is 7.11 Å². The Morgan fingerprint density at radius 3 is 1.87 bits per heavy atom. The summed E-state index contributed by atoms with van der Waals surface area (Å²) in [7, 11) is 1.10. The van der Waals surface area contributed by atoms with Crippen LogP contribution in [-0.4, -0.2) is 66.8 Å². The minimum absolute atomic E-state index is 0.181. The normalized spacial score (nSPS) is 25.1. The molecule has 1 saturated heterocycles. The lowest BCUT2D eigenvalue weighted by molar-refractivity contribution is -0.282. The van der Waals surface area contributed by atoms with Gasteiger partial charge in [0.25, 0.3) is 0 Å². The molecule has 170 valence electrons. The minimum Gasteiger partial charge on any atom is -0.467 e. The minimum atomic E-state index is -1.54. The van der Waals surface area contributed by atoms with Crippen LogP contribution in [0.1, 0.15) is 26.3 Å². The second kappa shape index (κ2) is 10.7. The van der Waals surface area contributed by atoms with Gasteiger partial charge in [0.1, 0.15) is 5.75 Å². The van der Waals surface area contributed by atoms with Crippen molar-refractivity contribution in [2.24, 2.45) is 0 Å². The third kappa shape index (κ3) is 6.40. The predicted molar refractivity (Wildman–Crippen MR) is 100 cm³/mol. The first-order valence-corrected chi connectivity index (χ1v) is 9.27. The third-order valence-electron chi connectivity index (χ3n) is 4.19. The zero-order valence-corrected chi connectivity index (χ0v) is 17.4. The molecule has 31 heavy (non-hydrogen) atoms. The van der Waals surface area contributed by atoms with E-state index in [2.05, 4.69) is 0 Å². The molecule has 0 radical (unpaired) electrons. The number of hydrogen-bond donors (Lipinski definition) is 1. The van der Waals surface area contributed by atoms with Gasteiger partial charge in [0.05, 0.1) is 13.7 Å². The van der Waals surface area contributed by atoms with Crippen LogP contribution in [0, 0.1) is 0 Å². The van der Waals surface area contributed by atoms with Crippen LogP contribution in [0.2, 0.25) is 0 Å². The van der Waals surface area contributed by atoms with Crippen molar-refractivity contribution in [2.45, 2.75) is 58.1 Å². The van der Waals surface area contributed by atoms with Gasteiger partial charge in [-0.1, -0.05) is 12.1 Å². The van der Waals surface area contributed by atoms with Crippen LogP contribution in [0.5, 0.6) is 5.75 Å². The topological polar surface area (TPSA) is 144 Å². The number of hydrogen-bond acceptors (Lipinski definition) is 11. The number of carbonyl (C=O) groups is 4. The molecule has 11 nitrogen and oxygen atoms in total. The molecular weight excluding hydrogens is 416 g/mol. The molecule has 1 aliphatic rings. The van der Waals surface area contributed by atoms with E-state index >= 15 is 0 Å². The first-order valence-electron chi connectivity index (χ1n) is 9.27. The van der Waals surface area contributed by atoms with Crippen LogP contribution < -0.4 is 4.74 Å². The first-order chi connectivity index (χ1) is 14.7. The second-order valence-corrected chi connectivity index (χ2v) is 6.59. The molecule has 0 amide bonds. The maximum absolute atomic E-state index is 12.3. The van der Waals surface area contributed by atoms with Crippen LogP contribution in [0.25, 0.3) is 0 Å². The van der Waals surface area contributed by atoms with Gasteiger partial charge in [0, 0.05) is 20.8 Å². The Kier molecular flexibility index (Phi) is 8.34. The number of aliphatic hydroxyl groups is 1. The summed E-state index contributed by atoms with van der Waals surface area (Å²) in [6.07, 6.45) is -7.24. The number of esters is 4. The van der Waals surface area contributed by atoms with Crippen molar-refractivity contribution in [1.29, 1.82) is 0 Å². The largest absolute Gasteiger partial charge is 0.467 e. The van der Waals surface area contributed by atoms with Crippen molar-refractivity contribution in [3.8, 4) is 5.75 Å². The number of ether oxygens (including phenoxy) is 6. The summed E-state index contributed by atoms with van der Waals surface area (Å²) in [6, 6.07) is 6.21. The van der Waals surface area contributed by atoms with Crippen molar-refractivity contribution < 1.29 is 52.7 Å². The number of rotatable bonds is 7. The SMILES string of the molecule is COC(=O)[C@H]1OC(Oc2ccc(CO)cc2)C(OC(C)=O)[C@@H](OC(C)=O)[C@@H]1OC(C)=O. The van der Waals surface area contributed by atoms with E-state index in [1.54, 1.807) is 12.1 Å². The highest BCUT2D eigenvalue weighted by molar-refractivity contribution is 5.77. The Labute approximate surface area is 178 Å². The predicted octanol–water partition coefficient (Wildman–Crippen LogP) is 0.251. The van der Waals surface area contributed by atoms with Crippen molar-refractivity contribution >= 4 is 23.9 Å². The molecule has 0 saturated carbocycles. The maximum atomic E-state index is 12.3. The Morgan fingerprint density at radius 1 is 0.871 bits per heavy atom. The molecule has 1 N–H and O–H groups in total. The summed E-state index contributed by atoms with van der Waals surface area (Å²) in [5.41, 5.74) is 0.619. The Bertz CT molecular complexity index is 804. The third-order valence-corrected chi connectivity index (χ3v) is 4.19. The van der Waals surface area contributed by atoms with Crippen LogP contribution in [0.15, 0.2) is 24.3 Å². The van der Waals surface area contributed by atoms with Gasteiger partial charge in [-0.2, -0.15) is 0 Å². The Balaban J connectivity index is 2.46. The molecule has 0 bridgehead atoms. The molecule has 5 atom stereocenters. The van der Waals surface area contributed by atoms with Gasteiger partial charge >= 0.3 is 23.9 Å². The monoisotopic (exact) mass is 440 g/mol. The van der Waals surface area contributed by atoms with Crippen LogP contribution in [-0.2, 0) is 49.5 Å². The van der Waals surface area contributed by atoms with Crippen molar-refractivity contribution in [1.82, 2.24) is 0 Å². The smallest absolute Gasteiger partial charge is 0.339 e. The zero-order chi connectivity index (χ0) is 23.1. The molecule has 0 spiro atoms. The summed E-state index contributed by atoms with van der Waals surface area (Å²) in [5.74, 6) is -3.01. The van der Waals surface area contributed by atoms with E-state index in [9.17, 15) is 19.2 Å². The van der Waals surface area contributed by atoms with Crippen LogP contribution in [0.3, 0.4) is 0 Å². The van der Waals surface area contributed by atoms with Gasteiger partial charge in [-0.3, -0.25) is 14.4 Å². The highest BCUT2D eigenvalue weighted by atomic mass is 16.7. The van der Waals surface area contributed by atoms with Crippen molar-refractivity contribution in [3.63, 3.8) is 0 Å². The molecule has 1 heterocycles. The molecular formula is C20H24O11. The number of aliphatic hydroxyl groups excluding tert-OH is 1. The van der Waals surface area contributed by atoms with E-state index in [1.807, 2.05) is 0 Å². The van der Waals surface area contributed by atoms with Crippen molar-refractivity contribution in [3.05, 3.63) is 29.8 Å². The second-order valence-electron chi connectivity index (χ2n) is 6.59. The van der Waals surface area contributed by atoms with Gasteiger partial charge < -0.3 is 33.5 Å². The lowest BCUT2D eigenvalue weighted by Crippen LogP contribution is -2.64. The summed E-state index contributed by atoms with van der Waals surface area (Å²) in [5, 5.41) is 9.17. The molecule has 2 rings (SSSR count). The molecule has 0 aliphatic carbocycles. The molecule has 2 unspecified atom stereocenters. The summed E-state index contributed by atoms with van der Waals surface area (Å²) >= 11 is 0. The van der Waals surface area contributed by atoms with Gasteiger partial charge in [0.2, 0.25) is 12.4 Å². The lowest BCUT2D eigenvalue weighted by atomic mass is 9.97. The van der Waals surface area contributed by atoms with E-state index in [-0.39, 0.29) is 12.4 Å². The quantitative estimate of drug-likeness (QED) is 0.460. The van der Waals surface area contributed by atoms with Gasteiger partial charge in [0.15, 0.2) is 18.3 Å². The fourth-order valence-corrected chi connectivity index (χ4v) is 2.98. The van der Waals surface area contributed by atoms with E-state index in [0.29, 0.717) is 5.56 Å². The van der Waals surface area contributed by atoms with Crippen LogP contribution >= 0.6 is 0 Å². The average Bonchev–Trinajstić information content (AvgIpc) is 2.71. The standard InChI is InChI=1S/C20H24O11/c1-10(22)27-15-16(28-11(2)23)18(29-12(3)24)20(31-17(15)19(25)26-4)30-14-7-5-13(9-21)6-8-14/h5-8,15-18,20-21H,9H2,1-4H3/t15-,16-,17-,18?,20?/m0/s1. The maximum Gasteiger partial charge on any atom is 0.339 e. The molecule has 1 aliphatic heterocycles. The molecule has 11 heteroatoms. The number of benzene rings is 1. The van der Waals surface area contributed by atoms with E-state index in [1.165, 1.54) is 12.1 Å². The average molecular weight is 440 g/mol. The summed E-state index contributed by atoms with van der Waals surface area (Å²) < 4.78 is 31.8. The fraction of sp³-hybridized carbons (Fsp3) is 0.500. The lowest BCUT2D eigenvalue weighted by Gasteiger charge is -2.43. The molecule has 1 aromatic rings. The summed E-state index contributed by atoms with van der Waals surface area (Å²) in [6.45, 7) is 3.12. The molecule has 0 aromatic heterocycles. The van der Waals surface area contributed by atoms with E-state index in [4.69, 9.17) is 33.5 Å². The number of carbonyl (C=O) groups excluding carboxylic acids is 4. The number of methoxy groups -OCH3 is 1. The fourth-order valence-electron chi connectivity index (χ4n) is 2.98. The first kappa shape index (κ1) is 24.1. The molecule has 1 aromatic carbocycles. The van der Waals surface area contributed by atoms with Gasteiger partial charge in [-0.05, 0) is 17.7 Å². The highest BCUT2D eigenvalue weighted by Gasteiger charge is 2.55. The van der Waals surface area contributed by atoms with E-state index in [0.717, 1.165) is 27.9 Å². The Morgan fingerprint density at radius 2 is 1.39 bits per heavy atom. The molecule has 1 fully saturated rings. The van der Waals surface area contributed by atoms with Crippen LogP contribution in [0.4, 0.5) is 0 Å². The van der Waals surface area contributed by atoms with E-state index < -0.39 is 54.6 Å².